The van der Waals surface area contributed by atoms with Gasteiger partial charge in [-0.15, -0.1) is 0 Å². The molecule has 4 heteroatoms. The Kier molecular flexibility index (Phi) is 5.78. The van der Waals surface area contributed by atoms with Crippen molar-refractivity contribution >= 4 is 17.6 Å². The summed E-state index contributed by atoms with van der Waals surface area (Å²) in [6, 6.07) is 6.88. The predicted octanol–water partition coefficient (Wildman–Crippen LogP) is 3.77. The standard InChI is InChI=1S/C17H23NO3/c1-2-21-17(20)14-8-5-9-15(12-14)18-16(19)11-10-13-6-3-4-7-13/h5,8-9,12-13H,2-4,6-7,10-11H2,1H3,(H,18,19). The van der Waals surface area contributed by atoms with E-state index in [1.165, 1.54) is 25.7 Å². The summed E-state index contributed by atoms with van der Waals surface area (Å²) < 4.78 is 4.95. The van der Waals surface area contributed by atoms with Crippen molar-refractivity contribution < 1.29 is 14.3 Å². The average molecular weight is 289 g/mol. The number of carbonyl (C=O) groups is 2. The molecule has 0 aliphatic heterocycles. The number of ether oxygens (including phenoxy) is 1. The van der Waals surface area contributed by atoms with Crippen molar-refractivity contribution in [1.82, 2.24) is 0 Å². The van der Waals surface area contributed by atoms with Crippen LogP contribution < -0.4 is 5.32 Å². The topological polar surface area (TPSA) is 55.4 Å². The summed E-state index contributed by atoms with van der Waals surface area (Å²) in [5, 5.41) is 2.86. The second kappa shape index (κ2) is 7.81. The van der Waals surface area contributed by atoms with E-state index in [1.807, 2.05) is 0 Å². The Balaban J connectivity index is 1.85. The highest BCUT2D eigenvalue weighted by atomic mass is 16.5. The van der Waals surface area contributed by atoms with Gasteiger partial charge >= 0.3 is 5.97 Å². The number of esters is 1. The second-order valence-corrected chi connectivity index (χ2v) is 5.54. The summed E-state index contributed by atoms with van der Waals surface area (Å²) in [5.74, 6) is 0.365. The number of amides is 1. The number of benzene rings is 1. The fourth-order valence-corrected chi connectivity index (χ4v) is 2.80. The van der Waals surface area contributed by atoms with Gasteiger partial charge in [0.2, 0.25) is 5.91 Å². The number of hydrogen-bond acceptors (Lipinski definition) is 3. The Hall–Kier alpha value is -1.84. The third-order valence-corrected chi connectivity index (χ3v) is 3.91. The Labute approximate surface area is 125 Å². The van der Waals surface area contributed by atoms with Crippen LogP contribution >= 0.6 is 0 Å². The monoisotopic (exact) mass is 289 g/mol. The van der Waals surface area contributed by atoms with Crippen LogP contribution in [0.25, 0.3) is 0 Å². The Morgan fingerprint density at radius 2 is 2.05 bits per heavy atom. The molecule has 1 fully saturated rings. The van der Waals surface area contributed by atoms with Gasteiger partial charge < -0.3 is 10.1 Å². The van der Waals surface area contributed by atoms with Gasteiger partial charge in [-0.25, -0.2) is 4.79 Å². The van der Waals surface area contributed by atoms with Gasteiger partial charge in [-0.2, -0.15) is 0 Å². The van der Waals surface area contributed by atoms with Gasteiger partial charge in [0.25, 0.3) is 0 Å². The molecule has 21 heavy (non-hydrogen) atoms. The minimum atomic E-state index is -0.362. The lowest BCUT2D eigenvalue weighted by molar-refractivity contribution is -0.116. The van der Waals surface area contributed by atoms with E-state index >= 15 is 0 Å². The van der Waals surface area contributed by atoms with E-state index in [4.69, 9.17) is 4.74 Å². The molecule has 114 valence electrons. The second-order valence-electron chi connectivity index (χ2n) is 5.54. The van der Waals surface area contributed by atoms with Gasteiger partial charge in [-0.1, -0.05) is 31.7 Å². The van der Waals surface area contributed by atoms with E-state index in [9.17, 15) is 9.59 Å². The van der Waals surface area contributed by atoms with E-state index in [0.29, 0.717) is 30.2 Å². The number of anilines is 1. The molecule has 0 aromatic heterocycles. The molecule has 0 unspecified atom stereocenters. The molecule has 0 bridgehead atoms. The smallest absolute Gasteiger partial charge is 0.338 e. The lowest BCUT2D eigenvalue weighted by atomic mass is 10.0. The van der Waals surface area contributed by atoms with E-state index in [0.717, 1.165) is 6.42 Å². The zero-order valence-electron chi connectivity index (χ0n) is 12.6. The first-order valence-corrected chi connectivity index (χ1v) is 7.76. The Morgan fingerprint density at radius 1 is 1.29 bits per heavy atom. The van der Waals surface area contributed by atoms with E-state index in [1.54, 1.807) is 31.2 Å². The molecule has 1 aromatic carbocycles. The SMILES string of the molecule is CCOC(=O)c1cccc(NC(=O)CCC2CCCC2)c1. The molecule has 1 amide bonds. The van der Waals surface area contributed by atoms with Crippen LogP contribution in [-0.4, -0.2) is 18.5 Å². The number of rotatable bonds is 6. The Bertz CT molecular complexity index is 493. The van der Waals surface area contributed by atoms with Crippen LogP contribution in [0.1, 0.15) is 55.8 Å². The number of nitrogens with one attached hydrogen (secondary N) is 1. The fourth-order valence-electron chi connectivity index (χ4n) is 2.80. The zero-order valence-corrected chi connectivity index (χ0v) is 12.6. The molecule has 4 nitrogen and oxygen atoms in total. The molecule has 1 aliphatic carbocycles. The van der Waals surface area contributed by atoms with Crippen LogP contribution in [0.5, 0.6) is 0 Å². The summed E-state index contributed by atoms with van der Waals surface area (Å²) in [5.41, 5.74) is 1.11. The minimum absolute atomic E-state index is 0.0166. The number of hydrogen-bond donors (Lipinski definition) is 1. The normalized spacial score (nSPS) is 14.9. The van der Waals surface area contributed by atoms with Crippen molar-refractivity contribution in [3.05, 3.63) is 29.8 Å². The molecular formula is C17H23NO3. The molecule has 2 rings (SSSR count). The third-order valence-electron chi connectivity index (χ3n) is 3.91. The summed E-state index contributed by atoms with van der Waals surface area (Å²) >= 11 is 0. The highest BCUT2D eigenvalue weighted by Gasteiger charge is 2.16. The van der Waals surface area contributed by atoms with Crippen LogP contribution in [0, 0.1) is 5.92 Å². The minimum Gasteiger partial charge on any atom is -0.462 e. The molecule has 1 N–H and O–H groups in total. The largest absolute Gasteiger partial charge is 0.462 e. The van der Waals surface area contributed by atoms with Crippen molar-refractivity contribution in [1.29, 1.82) is 0 Å². The first-order chi connectivity index (χ1) is 10.2. The predicted molar refractivity (Wildman–Crippen MR) is 82.2 cm³/mol. The maximum absolute atomic E-state index is 11.9. The van der Waals surface area contributed by atoms with Gasteiger partial charge in [-0.3, -0.25) is 4.79 Å². The first-order valence-electron chi connectivity index (χ1n) is 7.76. The maximum Gasteiger partial charge on any atom is 0.338 e. The van der Waals surface area contributed by atoms with Gasteiger partial charge in [0.05, 0.1) is 12.2 Å². The van der Waals surface area contributed by atoms with Crippen LogP contribution in [0.2, 0.25) is 0 Å². The zero-order chi connectivity index (χ0) is 15.1. The summed E-state index contributed by atoms with van der Waals surface area (Å²) in [6.45, 7) is 2.11. The molecule has 0 radical (unpaired) electrons. The molecule has 1 aromatic rings. The van der Waals surface area contributed by atoms with Gasteiger partial charge in [0.1, 0.15) is 0 Å². The molecular weight excluding hydrogens is 266 g/mol. The summed E-state index contributed by atoms with van der Waals surface area (Å²) in [4.78, 5) is 23.6. The van der Waals surface area contributed by atoms with Crippen LogP contribution in [0.15, 0.2) is 24.3 Å². The molecule has 0 spiro atoms. The summed E-state index contributed by atoms with van der Waals surface area (Å²) in [6.07, 6.45) is 6.62. The average Bonchev–Trinajstić information content (AvgIpc) is 2.99. The van der Waals surface area contributed by atoms with Crippen molar-refractivity contribution in [3.8, 4) is 0 Å². The molecule has 0 heterocycles. The van der Waals surface area contributed by atoms with Crippen molar-refractivity contribution in [2.24, 2.45) is 5.92 Å². The quantitative estimate of drug-likeness (QED) is 0.811. The molecule has 1 aliphatic rings. The number of carbonyl (C=O) groups excluding carboxylic acids is 2. The van der Waals surface area contributed by atoms with Crippen LogP contribution in [0.4, 0.5) is 5.69 Å². The van der Waals surface area contributed by atoms with E-state index in [-0.39, 0.29) is 11.9 Å². The first kappa shape index (κ1) is 15.5. The molecule has 1 saturated carbocycles. The fraction of sp³-hybridized carbons (Fsp3) is 0.529. The molecule has 0 saturated heterocycles. The maximum atomic E-state index is 11.9. The van der Waals surface area contributed by atoms with Gasteiger partial charge in [0.15, 0.2) is 0 Å². The van der Waals surface area contributed by atoms with Crippen LogP contribution in [0.3, 0.4) is 0 Å². The van der Waals surface area contributed by atoms with Crippen molar-refractivity contribution in [2.75, 3.05) is 11.9 Å². The lowest BCUT2D eigenvalue weighted by Crippen LogP contribution is -2.13. The third kappa shape index (κ3) is 4.88. The molecule has 0 atom stereocenters. The van der Waals surface area contributed by atoms with Gasteiger partial charge in [-0.05, 0) is 37.5 Å². The highest BCUT2D eigenvalue weighted by molar-refractivity contribution is 5.94. The summed E-state index contributed by atoms with van der Waals surface area (Å²) in [7, 11) is 0. The Morgan fingerprint density at radius 3 is 2.76 bits per heavy atom. The van der Waals surface area contributed by atoms with E-state index < -0.39 is 0 Å². The highest BCUT2D eigenvalue weighted by Crippen LogP contribution is 2.28. The van der Waals surface area contributed by atoms with Gasteiger partial charge in [0, 0.05) is 12.1 Å². The lowest BCUT2D eigenvalue weighted by Gasteiger charge is -2.10. The van der Waals surface area contributed by atoms with Crippen molar-refractivity contribution in [3.63, 3.8) is 0 Å². The van der Waals surface area contributed by atoms with E-state index in [2.05, 4.69) is 5.32 Å². The van der Waals surface area contributed by atoms with Crippen molar-refractivity contribution in [2.45, 2.75) is 45.4 Å². The van der Waals surface area contributed by atoms with Crippen LogP contribution in [-0.2, 0) is 9.53 Å².